The molecule has 1 aromatic heterocycles. The van der Waals surface area contributed by atoms with Crippen LogP contribution in [-0.4, -0.2) is 18.0 Å². The van der Waals surface area contributed by atoms with Crippen molar-refractivity contribution in [1.82, 2.24) is 0 Å². The van der Waals surface area contributed by atoms with E-state index in [1.165, 1.54) is 6.92 Å². The molecule has 3 rings (SSSR count). The van der Waals surface area contributed by atoms with Gasteiger partial charge in [-0.05, 0) is 43.3 Å². The van der Waals surface area contributed by atoms with E-state index in [0.717, 1.165) is 5.76 Å². The molecule has 144 valence electrons. The average Bonchev–Trinajstić information content (AvgIpc) is 3.22. The quantitative estimate of drug-likeness (QED) is 0.562. The van der Waals surface area contributed by atoms with Gasteiger partial charge in [-0.3, -0.25) is 4.79 Å². The van der Waals surface area contributed by atoms with Crippen LogP contribution in [0.5, 0.6) is 0 Å². The molecular formula is C21H19ClN2O4. The summed E-state index contributed by atoms with van der Waals surface area (Å²) in [5, 5.41) is 6.19. The molecule has 1 heterocycles. The number of anilines is 2. The second-order valence-corrected chi connectivity index (χ2v) is 6.40. The lowest BCUT2D eigenvalue weighted by molar-refractivity contribution is -0.123. The van der Waals surface area contributed by atoms with Crippen LogP contribution in [0.4, 0.5) is 11.4 Å². The number of benzene rings is 2. The number of ether oxygens (including phenoxy) is 1. The number of hydrogen-bond acceptors (Lipinski definition) is 5. The fraction of sp³-hybridized carbons (Fsp3) is 0.143. The molecule has 1 amide bonds. The zero-order valence-electron chi connectivity index (χ0n) is 15.1. The Balaban J connectivity index is 1.63. The Morgan fingerprint density at radius 2 is 1.75 bits per heavy atom. The standard InChI is InChI=1S/C21H19ClN2O4/c1-14(20(25)24-19-11-5-3-9-17(19)22)28-21(26)16-8-2-4-10-18(16)23-13-15-7-6-12-27-15/h2-12,14,23H,13H2,1H3,(H,24,25)/t14-/m1/s1. The highest BCUT2D eigenvalue weighted by Gasteiger charge is 2.21. The highest BCUT2D eigenvalue weighted by atomic mass is 35.5. The highest BCUT2D eigenvalue weighted by molar-refractivity contribution is 6.33. The van der Waals surface area contributed by atoms with Crippen LogP contribution in [0.1, 0.15) is 23.0 Å². The molecule has 0 aliphatic carbocycles. The van der Waals surface area contributed by atoms with Crippen molar-refractivity contribution in [2.24, 2.45) is 0 Å². The van der Waals surface area contributed by atoms with Crippen molar-refractivity contribution >= 4 is 34.9 Å². The number of nitrogens with one attached hydrogen (secondary N) is 2. The van der Waals surface area contributed by atoms with E-state index in [9.17, 15) is 9.59 Å². The summed E-state index contributed by atoms with van der Waals surface area (Å²) in [6.07, 6.45) is 0.582. The van der Waals surface area contributed by atoms with Crippen molar-refractivity contribution in [2.75, 3.05) is 10.6 Å². The van der Waals surface area contributed by atoms with E-state index in [0.29, 0.717) is 28.5 Å². The molecule has 0 saturated heterocycles. The molecule has 28 heavy (non-hydrogen) atoms. The fourth-order valence-corrected chi connectivity index (χ4v) is 2.67. The third kappa shape index (κ3) is 4.92. The molecule has 7 heteroatoms. The van der Waals surface area contributed by atoms with E-state index in [4.69, 9.17) is 20.8 Å². The number of rotatable bonds is 7. The first-order valence-electron chi connectivity index (χ1n) is 8.66. The molecule has 0 aliphatic heterocycles. The third-order valence-electron chi connectivity index (χ3n) is 3.96. The first-order chi connectivity index (χ1) is 13.5. The minimum absolute atomic E-state index is 0.325. The van der Waals surface area contributed by atoms with Gasteiger partial charge in [0.1, 0.15) is 5.76 Å². The topological polar surface area (TPSA) is 80.6 Å². The molecule has 0 spiro atoms. The van der Waals surface area contributed by atoms with Gasteiger partial charge in [-0.25, -0.2) is 4.79 Å². The smallest absolute Gasteiger partial charge is 0.341 e. The summed E-state index contributed by atoms with van der Waals surface area (Å²) >= 11 is 6.03. The maximum absolute atomic E-state index is 12.6. The van der Waals surface area contributed by atoms with E-state index in [1.807, 2.05) is 6.07 Å². The number of amides is 1. The monoisotopic (exact) mass is 398 g/mol. The van der Waals surface area contributed by atoms with Crippen molar-refractivity contribution in [3.63, 3.8) is 0 Å². The van der Waals surface area contributed by atoms with Crippen LogP contribution in [0.3, 0.4) is 0 Å². The third-order valence-corrected chi connectivity index (χ3v) is 4.29. The van der Waals surface area contributed by atoms with Crippen LogP contribution in [-0.2, 0) is 16.1 Å². The van der Waals surface area contributed by atoms with Gasteiger partial charge in [0.05, 0.1) is 29.1 Å². The predicted molar refractivity (Wildman–Crippen MR) is 107 cm³/mol. The number of furan rings is 1. The number of halogens is 1. The van der Waals surface area contributed by atoms with Crippen molar-refractivity contribution in [3.8, 4) is 0 Å². The average molecular weight is 399 g/mol. The Bertz CT molecular complexity index is 957. The first-order valence-corrected chi connectivity index (χ1v) is 9.04. The van der Waals surface area contributed by atoms with Crippen LogP contribution in [0.2, 0.25) is 5.02 Å². The summed E-state index contributed by atoms with van der Waals surface area (Å²) in [7, 11) is 0. The van der Waals surface area contributed by atoms with Gasteiger partial charge in [0.25, 0.3) is 5.91 Å². The second-order valence-electron chi connectivity index (χ2n) is 6.00. The van der Waals surface area contributed by atoms with Crippen molar-refractivity contribution in [2.45, 2.75) is 19.6 Å². The van der Waals surface area contributed by atoms with E-state index < -0.39 is 18.0 Å². The first kappa shape index (κ1) is 19.5. The molecule has 0 radical (unpaired) electrons. The molecular weight excluding hydrogens is 380 g/mol. The summed E-state index contributed by atoms with van der Waals surface area (Å²) in [5.74, 6) is -0.345. The number of carbonyl (C=O) groups excluding carboxylic acids is 2. The maximum atomic E-state index is 12.6. The summed E-state index contributed by atoms with van der Waals surface area (Å²) in [5.41, 5.74) is 1.37. The van der Waals surface area contributed by atoms with Crippen molar-refractivity contribution < 1.29 is 18.7 Å². The number of hydrogen-bond donors (Lipinski definition) is 2. The summed E-state index contributed by atoms with van der Waals surface area (Å²) in [6.45, 7) is 1.92. The normalized spacial score (nSPS) is 11.5. The minimum atomic E-state index is -0.998. The lowest BCUT2D eigenvalue weighted by Crippen LogP contribution is -2.30. The fourth-order valence-electron chi connectivity index (χ4n) is 2.49. The van der Waals surface area contributed by atoms with Gasteiger partial charge in [-0.15, -0.1) is 0 Å². The Labute approximate surface area is 167 Å². The van der Waals surface area contributed by atoms with Crippen LogP contribution in [0.15, 0.2) is 71.3 Å². The summed E-state index contributed by atoms with van der Waals surface area (Å²) in [6, 6.07) is 17.4. The molecule has 2 aromatic carbocycles. The molecule has 6 nitrogen and oxygen atoms in total. The summed E-state index contributed by atoms with van der Waals surface area (Å²) in [4.78, 5) is 24.9. The zero-order valence-corrected chi connectivity index (χ0v) is 15.9. The Morgan fingerprint density at radius 1 is 1.04 bits per heavy atom. The number of esters is 1. The zero-order chi connectivity index (χ0) is 19.9. The van der Waals surface area contributed by atoms with E-state index in [2.05, 4.69) is 10.6 Å². The lowest BCUT2D eigenvalue weighted by atomic mass is 10.1. The molecule has 3 aromatic rings. The van der Waals surface area contributed by atoms with Crippen molar-refractivity contribution in [3.05, 3.63) is 83.3 Å². The van der Waals surface area contributed by atoms with Gasteiger partial charge in [-0.2, -0.15) is 0 Å². The Hall–Kier alpha value is -3.25. The molecule has 1 atom stereocenters. The second kappa shape index (κ2) is 9.10. The number of carbonyl (C=O) groups is 2. The van der Waals surface area contributed by atoms with Gasteiger partial charge >= 0.3 is 5.97 Å². The minimum Gasteiger partial charge on any atom is -0.467 e. The molecule has 0 unspecified atom stereocenters. The maximum Gasteiger partial charge on any atom is 0.341 e. The predicted octanol–water partition coefficient (Wildman–Crippen LogP) is 4.73. The molecule has 0 saturated carbocycles. The number of para-hydroxylation sites is 2. The van der Waals surface area contributed by atoms with E-state index >= 15 is 0 Å². The van der Waals surface area contributed by atoms with Gasteiger partial charge in [0.2, 0.25) is 0 Å². The Kier molecular flexibility index (Phi) is 6.34. The van der Waals surface area contributed by atoms with Gasteiger partial charge < -0.3 is 19.8 Å². The van der Waals surface area contributed by atoms with Gasteiger partial charge in [0, 0.05) is 5.69 Å². The van der Waals surface area contributed by atoms with Crippen LogP contribution < -0.4 is 10.6 Å². The molecule has 0 aliphatic rings. The lowest BCUT2D eigenvalue weighted by Gasteiger charge is -2.16. The van der Waals surface area contributed by atoms with Crippen LogP contribution >= 0.6 is 11.6 Å². The SMILES string of the molecule is C[C@@H](OC(=O)c1ccccc1NCc1ccco1)C(=O)Nc1ccccc1Cl. The molecule has 0 bridgehead atoms. The highest BCUT2D eigenvalue weighted by Crippen LogP contribution is 2.22. The van der Waals surface area contributed by atoms with Crippen molar-refractivity contribution in [1.29, 1.82) is 0 Å². The van der Waals surface area contributed by atoms with Gasteiger partial charge in [-0.1, -0.05) is 35.9 Å². The van der Waals surface area contributed by atoms with E-state index in [1.54, 1.807) is 60.9 Å². The van der Waals surface area contributed by atoms with Crippen LogP contribution in [0.25, 0.3) is 0 Å². The summed E-state index contributed by atoms with van der Waals surface area (Å²) < 4.78 is 10.6. The molecule has 0 fully saturated rings. The van der Waals surface area contributed by atoms with Crippen LogP contribution in [0, 0.1) is 0 Å². The Morgan fingerprint density at radius 3 is 2.46 bits per heavy atom. The molecule has 2 N–H and O–H groups in total. The van der Waals surface area contributed by atoms with Gasteiger partial charge in [0.15, 0.2) is 6.10 Å². The largest absolute Gasteiger partial charge is 0.467 e. The van der Waals surface area contributed by atoms with E-state index in [-0.39, 0.29) is 0 Å².